The molecule has 2 N–H and O–H groups in total. The van der Waals surface area contributed by atoms with E-state index >= 15 is 0 Å². The SMILES string of the molecule is Nc1ccc(-c2cc3c(n2OC(=O)c2ccccc2)CCC(C(F)(F)F)C3)cc1. The Labute approximate surface area is 165 Å². The number of aromatic nitrogens is 1. The fourth-order valence-electron chi connectivity index (χ4n) is 3.65. The maximum atomic E-state index is 13.2. The van der Waals surface area contributed by atoms with Gasteiger partial charge in [0.2, 0.25) is 0 Å². The van der Waals surface area contributed by atoms with E-state index < -0.39 is 18.1 Å². The van der Waals surface area contributed by atoms with Crippen LogP contribution >= 0.6 is 0 Å². The van der Waals surface area contributed by atoms with E-state index in [2.05, 4.69) is 0 Å². The first-order valence-electron chi connectivity index (χ1n) is 9.27. The maximum Gasteiger partial charge on any atom is 0.392 e. The average molecular weight is 400 g/mol. The standard InChI is InChI=1S/C22H19F3N2O2/c23-22(24,25)17-8-11-19-16(12-17)13-20(14-6-9-18(26)10-7-14)27(19)29-21(28)15-4-2-1-3-5-15/h1-7,9-10,13,17H,8,11-12,26H2. The summed E-state index contributed by atoms with van der Waals surface area (Å²) in [7, 11) is 0. The molecule has 1 aliphatic carbocycles. The largest absolute Gasteiger partial charge is 0.399 e. The van der Waals surface area contributed by atoms with Crippen LogP contribution in [0.15, 0.2) is 60.7 Å². The van der Waals surface area contributed by atoms with E-state index in [1.165, 1.54) is 4.73 Å². The van der Waals surface area contributed by atoms with Crippen LogP contribution in [-0.2, 0) is 12.8 Å². The highest BCUT2D eigenvalue weighted by molar-refractivity contribution is 5.89. The first-order valence-corrected chi connectivity index (χ1v) is 9.27. The number of nitrogen functional groups attached to an aromatic ring is 1. The molecular formula is C22H19F3N2O2. The molecule has 7 heteroatoms. The highest BCUT2D eigenvalue weighted by atomic mass is 19.4. The molecule has 2 aromatic carbocycles. The van der Waals surface area contributed by atoms with Crippen LogP contribution in [0, 0.1) is 5.92 Å². The van der Waals surface area contributed by atoms with Gasteiger partial charge < -0.3 is 10.6 Å². The summed E-state index contributed by atoms with van der Waals surface area (Å²) in [5, 5.41) is 0. The van der Waals surface area contributed by atoms with Gasteiger partial charge in [0, 0.05) is 11.3 Å². The zero-order valence-corrected chi connectivity index (χ0v) is 15.4. The molecule has 1 aliphatic rings. The summed E-state index contributed by atoms with van der Waals surface area (Å²) < 4.78 is 41.1. The number of rotatable bonds is 3. The van der Waals surface area contributed by atoms with Gasteiger partial charge in [-0.25, -0.2) is 4.79 Å². The van der Waals surface area contributed by atoms with Crippen LogP contribution in [-0.4, -0.2) is 16.9 Å². The molecule has 4 nitrogen and oxygen atoms in total. The van der Waals surface area contributed by atoms with Gasteiger partial charge in [-0.1, -0.05) is 30.3 Å². The molecule has 3 aromatic rings. The van der Waals surface area contributed by atoms with Gasteiger partial charge in [0.1, 0.15) is 0 Å². The third kappa shape index (κ3) is 3.85. The lowest BCUT2D eigenvalue weighted by atomic mass is 9.87. The lowest BCUT2D eigenvalue weighted by Gasteiger charge is -2.25. The summed E-state index contributed by atoms with van der Waals surface area (Å²) >= 11 is 0. The Morgan fingerprint density at radius 2 is 1.76 bits per heavy atom. The van der Waals surface area contributed by atoms with Crippen LogP contribution in [0.25, 0.3) is 11.3 Å². The van der Waals surface area contributed by atoms with E-state index in [4.69, 9.17) is 10.6 Å². The van der Waals surface area contributed by atoms with Crippen LogP contribution < -0.4 is 10.6 Å². The molecule has 1 heterocycles. The number of anilines is 1. The van der Waals surface area contributed by atoms with Crippen LogP contribution in [0.2, 0.25) is 0 Å². The molecule has 0 saturated carbocycles. The molecule has 0 spiro atoms. The lowest BCUT2D eigenvalue weighted by molar-refractivity contribution is -0.177. The molecule has 1 aromatic heterocycles. The molecule has 0 radical (unpaired) electrons. The molecule has 150 valence electrons. The Balaban J connectivity index is 1.75. The van der Waals surface area contributed by atoms with Crippen molar-refractivity contribution in [3.05, 3.63) is 77.5 Å². The van der Waals surface area contributed by atoms with E-state index in [0.717, 1.165) is 0 Å². The number of carbonyl (C=O) groups is 1. The van der Waals surface area contributed by atoms with Gasteiger partial charge in [-0.05, 0) is 55.2 Å². The number of hydrogen-bond acceptors (Lipinski definition) is 3. The number of nitrogens with two attached hydrogens (primary N) is 1. The van der Waals surface area contributed by atoms with Crippen molar-refractivity contribution in [1.29, 1.82) is 0 Å². The monoisotopic (exact) mass is 400 g/mol. The predicted molar refractivity (Wildman–Crippen MR) is 103 cm³/mol. The maximum absolute atomic E-state index is 13.2. The van der Waals surface area contributed by atoms with Crippen LogP contribution in [0.5, 0.6) is 0 Å². The van der Waals surface area contributed by atoms with E-state index in [1.807, 2.05) is 0 Å². The Kier molecular flexibility index (Phi) is 4.82. The van der Waals surface area contributed by atoms with Gasteiger partial charge in [0.05, 0.1) is 22.9 Å². The van der Waals surface area contributed by atoms with Crippen molar-refractivity contribution < 1.29 is 22.8 Å². The Morgan fingerprint density at radius 3 is 2.41 bits per heavy atom. The topological polar surface area (TPSA) is 57.2 Å². The minimum atomic E-state index is -4.25. The van der Waals surface area contributed by atoms with E-state index in [-0.39, 0.29) is 19.3 Å². The van der Waals surface area contributed by atoms with Gasteiger partial charge in [-0.15, -0.1) is 0 Å². The number of fused-ring (bicyclic) bond motifs is 1. The van der Waals surface area contributed by atoms with Gasteiger partial charge in [-0.3, -0.25) is 0 Å². The summed E-state index contributed by atoms with van der Waals surface area (Å²) in [6.07, 6.45) is -4.24. The van der Waals surface area contributed by atoms with E-state index in [1.54, 1.807) is 60.7 Å². The number of halogens is 3. The second-order valence-electron chi connectivity index (χ2n) is 7.14. The normalized spacial score (nSPS) is 16.3. The Bertz CT molecular complexity index is 1020. The summed E-state index contributed by atoms with van der Waals surface area (Å²) in [6, 6.07) is 17.1. The van der Waals surface area contributed by atoms with Gasteiger partial charge in [-0.2, -0.15) is 17.9 Å². The summed E-state index contributed by atoms with van der Waals surface area (Å²) in [5.74, 6) is -1.96. The molecule has 0 aliphatic heterocycles. The molecule has 1 atom stereocenters. The summed E-state index contributed by atoms with van der Waals surface area (Å²) in [6.45, 7) is 0. The first-order chi connectivity index (χ1) is 13.8. The molecule has 0 amide bonds. The summed E-state index contributed by atoms with van der Waals surface area (Å²) in [5.41, 5.74) is 9.06. The number of nitrogens with zero attached hydrogens (tertiary/aromatic N) is 1. The average Bonchev–Trinajstić information content (AvgIpc) is 3.06. The highest BCUT2D eigenvalue weighted by Gasteiger charge is 2.42. The Hall–Kier alpha value is -3.22. The van der Waals surface area contributed by atoms with Gasteiger partial charge in [0.15, 0.2) is 0 Å². The highest BCUT2D eigenvalue weighted by Crippen LogP contribution is 2.39. The molecule has 29 heavy (non-hydrogen) atoms. The number of benzene rings is 2. The second-order valence-corrected chi connectivity index (χ2v) is 7.14. The number of carbonyl (C=O) groups excluding carboxylic acids is 1. The molecule has 4 rings (SSSR count). The minimum absolute atomic E-state index is 0.0371. The molecule has 0 fully saturated rings. The number of hydrogen-bond donors (Lipinski definition) is 1. The van der Waals surface area contributed by atoms with Crippen LogP contribution in [0.1, 0.15) is 28.0 Å². The van der Waals surface area contributed by atoms with Crippen molar-refractivity contribution in [3.8, 4) is 11.3 Å². The van der Waals surface area contributed by atoms with E-state index in [0.29, 0.717) is 33.8 Å². The van der Waals surface area contributed by atoms with Crippen molar-refractivity contribution in [1.82, 2.24) is 4.73 Å². The zero-order chi connectivity index (χ0) is 20.6. The molecule has 0 bridgehead atoms. The number of alkyl halides is 3. The lowest BCUT2D eigenvalue weighted by Crippen LogP contribution is -2.30. The minimum Gasteiger partial charge on any atom is -0.399 e. The molecule has 0 saturated heterocycles. The quantitative estimate of drug-likeness (QED) is 0.650. The first kappa shape index (κ1) is 19.1. The van der Waals surface area contributed by atoms with Gasteiger partial charge >= 0.3 is 12.1 Å². The van der Waals surface area contributed by atoms with E-state index in [9.17, 15) is 18.0 Å². The smallest absolute Gasteiger partial charge is 0.392 e. The van der Waals surface area contributed by atoms with Gasteiger partial charge in [0.25, 0.3) is 0 Å². The van der Waals surface area contributed by atoms with Crippen molar-refractivity contribution in [2.24, 2.45) is 5.92 Å². The molecular weight excluding hydrogens is 381 g/mol. The van der Waals surface area contributed by atoms with Crippen molar-refractivity contribution >= 4 is 11.7 Å². The Morgan fingerprint density at radius 1 is 1.07 bits per heavy atom. The fraction of sp³-hybridized carbons (Fsp3) is 0.227. The fourth-order valence-corrected chi connectivity index (χ4v) is 3.65. The second kappa shape index (κ2) is 7.31. The van der Waals surface area contributed by atoms with Crippen molar-refractivity contribution in [3.63, 3.8) is 0 Å². The van der Waals surface area contributed by atoms with Crippen LogP contribution in [0.4, 0.5) is 18.9 Å². The summed E-state index contributed by atoms with van der Waals surface area (Å²) in [4.78, 5) is 18.3. The zero-order valence-electron chi connectivity index (χ0n) is 15.4. The predicted octanol–water partition coefficient (Wildman–Crippen LogP) is 4.67. The third-order valence-corrected chi connectivity index (χ3v) is 5.19. The van der Waals surface area contributed by atoms with Crippen molar-refractivity contribution in [2.45, 2.75) is 25.4 Å². The van der Waals surface area contributed by atoms with Crippen LogP contribution in [0.3, 0.4) is 0 Å². The van der Waals surface area contributed by atoms with Crippen molar-refractivity contribution in [2.75, 3.05) is 5.73 Å². The molecule has 1 unspecified atom stereocenters. The third-order valence-electron chi connectivity index (χ3n) is 5.19.